The molecule has 0 fully saturated rings. The molecule has 96 valence electrons. The van der Waals surface area contributed by atoms with Crippen molar-refractivity contribution in [3.8, 4) is 11.3 Å². The van der Waals surface area contributed by atoms with Gasteiger partial charge in [-0.25, -0.2) is 0 Å². The SMILES string of the molecule is Cc1ccc(-c2cc(CNCC(C)C)sn2)cc1. The molecular formula is C15H20N2S. The van der Waals surface area contributed by atoms with Crippen LogP contribution in [0.15, 0.2) is 30.3 Å². The van der Waals surface area contributed by atoms with Crippen LogP contribution in [0.3, 0.4) is 0 Å². The Kier molecular flexibility index (Phi) is 4.50. The van der Waals surface area contributed by atoms with Crippen molar-refractivity contribution in [3.63, 3.8) is 0 Å². The van der Waals surface area contributed by atoms with E-state index in [0.717, 1.165) is 18.8 Å². The number of aryl methyl sites for hydroxylation is 1. The first-order valence-corrected chi connectivity index (χ1v) is 7.16. The van der Waals surface area contributed by atoms with Gasteiger partial charge in [0.25, 0.3) is 0 Å². The van der Waals surface area contributed by atoms with E-state index >= 15 is 0 Å². The van der Waals surface area contributed by atoms with E-state index < -0.39 is 0 Å². The van der Waals surface area contributed by atoms with Gasteiger partial charge in [-0.05, 0) is 37.0 Å². The third kappa shape index (κ3) is 3.65. The first kappa shape index (κ1) is 13.2. The van der Waals surface area contributed by atoms with E-state index in [1.165, 1.54) is 16.0 Å². The Labute approximate surface area is 113 Å². The minimum absolute atomic E-state index is 0.689. The van der Waals surface area contributed by atoms with Gasteiger partial charge in [0.2, 0.25) is 0 Å². The lowest BCUT2D eigenvalue weighted by Crippen LogP contribution is -2.18. The molecular weight excluding hydrogens is 240 g/mol. The molecule has 0 atom stereocenters. The molecule has 0 saturated carbocycles. The summed E-state index contributed by atoms with van der Waals surface area (Å²) >= 11 is 1.59. The van der Waals surface area contributed by atoms with Crippen LogP contribution < -0.4 is 5.32 Å². The number of benzene rings is 1. The normalized spacial score (nSPS) is 11.1. The molecule has 0 aliphatic carbocycles. The average Bonchev–Trinajstić information content (AvgIpc) is 2.78. The van der Waals surface area contributed by atoms with Crippen LogP contribution in [0.4, 0.5) is 0 Å². The predicted octanol–water partition coefficient (Wildman–Crippen LogP) is 3.86. The van der Waals surface area contributed by atoms with Crippen LogP contribution >= 0.6 is 11.5 Å². The Morgan fingerprint density at radius 1 is 1.22 bits per heavy atom. The molecule has 0 aliphatic rings. The molecule has 18 heavy (non-hydrogen) atoms. The molecule has 0 aliphatic heterocycles. The lowest BCUT2D eigenvalue weighted by molar-refractivity contribution is 0.555. The lowest BCUT2D eigenvalue weighted by Gasteiger charge is -2.04. The predicted molar refractivity (Wildman–Crippen MR) is 78.8 cm³/mol. The lowest BCUT2D eigenvalue weighted by atomic mass is 10.1. The van der Waals surface area contributed by atoms with E-state index in [2.05, 4.69) is 60.8 Å². The Balaban J connectivity index is 1.99. The van der Waals surface area contributed by atoms with Crippen LogP contribution in [0, 0.1) is 12.8 Å². The van der Waals surface area contributed by atoms with Crippen molar-refractivity contribution in [1.29, 1.82) is 0 Å². The number of aromatic nitrogens is 1. The van der Waals surface area contributed by atoms with Crippen LogP contribution in [0.1, 0.15) is 24.3 Å². The van der Waals surface area contributed by atoms with Gasteiger partial charge in [0.15, 0.2) is 0 Å². The van der Waals surface area contributed by atoms with E-state index in [-0.39, 0.29) is 0 Å². The summed E-state index contributed by atoms with van der Waals surface area (Å²) in [4.78, 5) is 1.30. The molecule has 0 unspecified atom stereocenters. The van der Waals surface area contributed by atoms with Crippen molar-refractivity contribution in [2.24, 2.45) is 5.92 Å². The largest absolute Gasteiger partial charge is 0.312 e. The van der Waals surface area contributed by atoms with Gasteiger partial charge in [0, 0.05) is 17.0 Å². The molecule has 1 N–H and O–H groups in total. The third-order valence-corrected chi connectivity index (χ3v) is 3.54. The Morgan fingerprint density at radius 2 is 1.94 bits per heavy atom. The van der Waals surface area contributed by atoms with Crippen molar-refractivity contribution in [1.82, 2.24) is 9.69 Å². The molecule has 2 aromatic rings. The summed E-state index contributed by atoms with van der Waals surface area (Å²) in [6.45, 7) is 8.51. The molecule has 1 aromatic heterocycles. The highest BCUT2D eigenvalue weighted by Crippen LogP contribution is 2.22. The molecule has 0 radical (unpaired) electrons. The molecule has 2 nitrogen and oxygen atoms in total. The van der Waals surface area contributed by atoms with Gasteiger partial charge in [0.1, 0.15) is 0 Å². The fraction of sp³-hybridized carbons (Fsp3) is 0.400. The first-order valence-electron chi connectivity index (χ1n) is 6.38. The van der Waals surface area contributed by atoms with E-state index in [4.69, 9.17) is 0 Å². The fourth-order valence-electron chi connectivity index (χ4n) is 1.74. The van der Waals surface area contributed by atoms with Gasteiger partial charge in [-0.2, -0.15) is 4.37 Å². The molecule has 0 spiro atoms. The highest BCUT2D eigenvalue weighted by molar-refractivity contribution is 7.06. The van der Waals surface area contributed by atoms with Crippen LogP contribution in [-0.4, -0.2) is 10.9 Å². The second-order valence-electron chi connectivity index (χ2n) is 5.07. The standard InChI is InChI=1S/C15H20N2S/c1-11(2)9-16-10-14-8-15(17-18-14)13-6-4-12(3)5-7-13/h4-8,11,16H,9-10H2,1-3H3. The number of nitrogens with zero attached hydrogens (tertiary/aromatic N) is 1. The molecule has 3 heteroatoms. The van der Waals surface area contributed by atoms with E-state index in [0.29, 0.717) is 5.92 Å². The highest BCUT2D eigenvalue weighted by Gasteiger charge is 2.04. The van der Waals surface area contributed by atoms with Gasteiger partial charge in [-0.3, -0.25) is 0 Å². The fourth-order valence-corrected chi connectivity index (χ4v) is 2.45. The van der Waals surface area contributed by atoms with Crippen LogP contribution in [0.25, 0.3) is 11.3 Å². The zero-order valence-corrected chi connectivity index (χ0v) is 12.1. The van der Waals surface area contributed by atoms with E-state index in [1.807, 2.05) is 0 Å². The monoisotopic (exact) mass is 260 g/mol. The zero-order valence-electron chi connectivity index (χ0n) is 11.2. The Morgan fingerprint density at radius 3 is 2.61 bits per heavy atom. The second-order valence-corrected chi connectivity index (χ2v) is 5.96. The van der Waals surface area contributed by atoms with Gasteiger partial charge in [-0.1, -0.05) is 43.7 Å². The van der Waals surface area contributed by atoms with Crippen molar-refractivity contribution in [3.05, 3.63) is 40.8 Å². The van der Waals surface area contributed by atoms with Gasteiger partial charge in [-0.15, -0.1) is 0 Å². The van der Waals surface area contributed by atoms with Gasteiger partial charge >= 0.3 is 0 Å². The third-order valence-electron chi connectivity index (χ3n) is 2.76. The second kappa shape index (κ2) is 6.12. The first-order chi connectivity index (χ1) is 8.65. The highest BCUT2D eigenvalue weighted by atomic mass is 32.1. The smallest absolute Gasteiger partial charge is 0.0844 e. The maximum atomic E-state index is 4.52. The summed E-state index contributed by atoms with van der Waals surface area (Å²) in [5.74, 6) is 0.689. The van der Waals surface area contributed by atoms with Crippen molar-refractivity contribution in [2.45, 2.75) is 27.3 Å². The minimum atomic E-state index is 0.689. The molecule has 2 rings (SSSR count). The molecule has 0 amide bonds. The molecule has 1 heterocycles. The summed E-state index contributed by atoms with van der Waals surface area (Å²) in [5.41, 5.74) is 3.57. The molecule has 1 aromatic carbocycles. The summed E-state index contributed by atoms with van der Waals surface area (Å²) < 4.78 is 4.52. The number of nitrogens with one attached hydrogen (secondary N) is 1. The Hall–Kier alpha value is -1.19. The van der Waals surface area contributed by atoms with E-state index in [1.54, 1.807) is 11.5 Å². The topological polar surface area (TPSA) is 24.9 Å². The van der Waals surface area contributed by atoms with Crippen LogP contribution in [0.2, 0.25) is 0 Å². The van der Waals surface area contributed by atoms with Gasteiger partial charge in [0.05, 0.1) is 5.69 Å². The number of hydrogen-bond acceptors (Lipinski definition) is 3. The molecule has 0 saturated heterocycles. The zero-order chi connectivity index (χ0) is 13.0. The van der Waals surface area contributed by atoms with Crippen LogP contribution in [0.5, 0.6) is 0 Å². The number of hydrogen-bond donors (Lipinski definition) is 1. The number of rotatable bonds is 5. The van der Waals surface area contributed by atoms with Crippen molar-refractivity contribution in [2.75, 3.05) is 6.54 Å². The van der Waals surface area contributed by atoms with Crippen molar-refractivity contribution >= 4 is 11.5 Å². The summed E-state index contributed by atoms with van der Waals surface area (Å²) in [5, 5.41) is 3.45. The molecule has 0 bridgehead atoms. The van der Waals surface area contributed by atoms with Gasteiger partial charge < -0.3 is 5.32 Å². The van der Waals surface area contributed by atoms with E-state index in [9.17, 15) is 0 Å². The maximum absolute atomic E-state index is 4.52. The Bertz CT molecular complexity index is 485. The minimum Gasteiger partial charge on any atom is -0.312 e. The quantitative estimate of drug-likeness (QED) is 0.883. The summed E-state index contributed by atoms with van der Waals surface area (Å²) in [7, 11) is 0. The summed E-state index contributed by atoms with van der Waals surface area (Å²) in [6.07, 6.45) is 0. The average molecular weight is 260 g/mol. The summed E-state index contributed by atoms with van der Waals surface area (Å²) in [6, 6.07) is 10.7. The van der Waals surface area contributed by atoms with Crippen LogP contribution in [-0.2, 0) is 6.54 Å². The van der Waals surface area contributed by atoms with Crippen molar-refractivity contribution < 1.29 is 0 Å². The maximum Gasteiger partial charge on any atom is 0.0844 e.